The number of nitrogens with zero attached hydrogens (tertiary/aromatic N) is 4. The zero-order valence-electron chi connectivity index (χ0n) is 47.8. The van der Waals surface area contributed by atoms with E-state index in [0.29, 0.717) is 18.5 Å². The van der Waals surface area contributed by atoms with Gasteiger partial charge in [-0.25, -0.2) is 4.98 Å². The van der Waals surface area contributed by atoms with Gasteiger partial charge in [0.15, 0.2) is 0 Å². The molecule has 9 aromatic rings. The minimum absolute atomic E-state index is 0.0279. The Morgan fingerprint density at radius 1 is 0.461 bits per heavy atom. The summed E-state index contributed by atoms with van der Waals surface area (Å²) in [6, 6.07) is 60.4. The third-order valence-corrected chi connectivity index (χ3v) is 15.8. The lowest BCUT2D eigenvalue weighted by molar-refractivity contribution is 0.483. The van der Waals surface area contributed by atoms with Crippen LogP contribution in [0.5, 0.6) is 11.5 Å². The van der Waals surface area contributed by atoms with Gasteiger partial charge in [-0.2, -0.15) is 0 Å². The number of fused-ring (bicyclic) bond motifs is 3. The number of hydrogen-bond donors (Lipinski definition) is 0. The smallest absolute Gasteiger partial charge is 0.137 e. The van der Waals surface area contributed by atoms with Gasteiger partial charge < -0.3 is 14.5 Å². The van der Waals surface area contributed by atoms with Crippen molar-refractivity contribution in [3.8, 4) is 28.4 Å². The van der Waals surface area contributed by atoms with Crippen molar-refractivity contribution in [2.24, 2.45) is 0 Å². The van der Waals surface area contributed by atoms with Gasteiger partial charge in [0.05, 0.1) is 23.4 Å². The zero-order valence-corrected chi connectivity index (χ0v) is 47.8. The fourth-order valence-corrected chi connectivity index (χ4v) is 11.0. The monoisotopic (exact) mass is 1000 g/mol. The van der Waals surface area contributed by atoms with Crippen molar-refractivity contribution < 1.29 is 4.74 Å². The molecule has 0 spiro atoms. The summed E-state index contributed by atoms with van der Waals surface area (Å²) < 4.78 is 9.56. The van der Waals surface area contributed by atoms with Crippen LogP contribution in [0.1, 0.15) is 160 Å². The summed E-state index contributed by atoms with van der Waals surface area (Å²) in [6.07, 6.45) is 4.37. The molecule has 0 saturated heterocycles. The first-order valence-corrected chi connectivity index (χ1v) is 27.5. The first kappa shape index (κ1) is 52.1. The number of anilines is 2. The van der Waals surface area contributed by atoms with E-state index in [9.17, 15) is 0 Å². The van der Waals surface area contributed by atoms with Gasteiger partial charge in [-0.3, -0.25) is 4.57 Å². The van der Waals surface area contributed by atoms with Crippen LogP contribution in [0.3, 0.4) is 0 Å². The largest absolute Gasteiger partial charge is 0.457 e. The number of ether oxygens (including phenoxy) is 1. The van der Waals surface area contributed by atoms with Crippen LogP contribution in [-0.4, -0.2) is 16.2 Å². The molecule has 1 aliphatic rings. The lowest BCUT2D eigenvalue weighted by Gasteiger charge is -2.30. The maximum atomic E-state index is 7.24. The number of rotatable bonds is 11. The van der Waals surface area contributed by atoms with Crippen LogP contribution in [0.25, 0.3) is 44.4 Å². The third kappa shape index (κ3) is 10.1. The molecule has 5 nitrogen and oxygen atoms in total. The van der Waals surface area contributed by atoms with Gasteiger partial charge in [0.2, 0.25) is 0 Å². The van der Waals surface area contributed by atoms with Gasteiger partial charge in [-0.15, -0.1) is 0 Å². The van der Waals surface area contributed by atoms with Gasteiger partial charge in [0, 0.05) is 57.7 Å². The molecule has 0 aliphatic carbocycles. The molecule has 7 aromatic carbocycles. The molecule has 76 heavy (non-hydrogen) atoms. The second-order valence-corrected chi connectivity index (χ2v) is 25.5. The Kier molecular flexibility index (Phi) is 13.5. The first-order valence-electron chi connectivity index (χ1n) is 27.5. The van der Waals surface area contributed by atoms with Crippen LogP contribution in [-0.2, 0) is 21.7 Å². The molecule has 0 N–H and O–H groups in total. The van der Waals surface area contributed by atoms with E-state index in [4.69, 9.17) is 9.72 Å². The summed E-state index contributed by atoms with van der Waals surface area (Å²) in [7, 11) is 0. The number of hydrogen-bond acceptors (Lipinski definition) is 4. The van der Waals surface area contributed by atoms with Gasteiger partial charge in [0.1, 0.15) is 17.3 Å². The van der Waals surface area contributed by atoms with E-state index in [-0.39, 0.29) is 21.7 Å². The fourth-order valence-electron chi connectivity index (χ4n) is 11.0. The molecule has 0 saturated carbocycles. The summed E-state index contributed by atoms with van der Waals surface area (Å²) in [6.45, 7) is 35.3. The van der Waals surface area contributed by atoms with Gasteiger partial charge in [-0.05, 0) is 139 Å². The van der Waals surface area contributed by atoms with E-state index in [2.05, 4.69) is 288 Å². The van der Waals surface area contributed by atoms with Crippen molar-refractivity contribution in [2.75, 3.05) is 16.5 Å². The Balaban J connectivity index is 1.15. The molecule has 0 bridgehead atoms. The Hall–Kier alpha value is -7.37. The molecule has 2 aromatic heterocycles. The standard InChI is InChI=1S/C71H78N4O/c1-46(2)59-27-22-28-60(47(3)4)67(59)65-44-73(55-38-53(69(8,9)10)37-54(39-55)70(11,12)13)45-74(65)56-35-49(48-23-18-16-19-24-48)36-58(42-56)76-57-30-31-61-62-40-52(71(14,15)50-25-20-17-21-26-50)29-32-63(62)75(64(61)43-57)66-41-51(33-34-72-66)68(5,6)7/h16-44,46-47H,45H2,1-15H3. The second kappa shape index (κ2) is 19.6. The first-order chi connectivity index (χ1) is 35.9. The van der Waals surface area contributed by atoms with Crippen LogP contribution < -0.4 is 14.5 Å². The van der Waals surface area contributed by atoms with Crippen molar-refractivity contribution >= 4 is 38.9 Å². The summed E-state index contributed by atoms with van der Waals surface area (Å²) in [4.78, 5) is 10.1. The fraction of sp³-hybridized carbons (Fsp3) is 0.310. The van der Waals surface area contributed by atoms with E-state index >= 15 is 0 Å². The predicted octanol–water partition coefficient (Wildman–Crippen LogP) is 19.4. The molecule has 0 radical (unpaired) electrons. The van der Waals surface area contributed by atoms with E-state index < -0.39 is 0 Å². The molecular formula is C71H78N4O. The number of aromatic nitrogens is 2. The van der Waals surface area contributed by atoms with E-state index in [1.165, 1.54) is 61.3 Å². The number of pyridine rings is 1. The van der Waals surface area contributed by atoms with Crippen LogP contribution in [0.15, 0.2) is 176 Å². The lowest BCUT2D eigenvalue weighted by atomic mass is 9.78. The molecule has 10 rings (SSSR count). The van der Waals surface area contributed by atoms with Crippen molar-refractivity contribution in [3.63, 3.8) is 0 Å². The average molecular weight is 1000 g/mol. The second-order valence-electron chi connectivity index (χ2n) is 25.5. The van der Waals surface area contributed by atoms with E-state index in [1.54, 1.807) is 0 Å². The normalized spacial score (nSPS) is 13.7. The van der Waals surface area contributed by atoms with Crippen LogP contribution >= 0.6 is 0 Å². The maximum Gasteiger partial charge on any atom is 0.137 e. The molecule has 0 fully saturated rings. The Morgan fingerprint density at radius 3 is 1.71 bits per heavy atom. The minimum atomic E-state index is -0.209. The quantitative estimate of drug-likeness (QED) is 0.129. The summed E-state index contributed by atoms with van der Waals surface area (Å²) in [5.41, 5.74) is 17.9. The Labute approximate surface area is 453 Å². The number of benzene rings is 7. The maximum absolute atomic E-state index is 7.24. The Morgan fingerprint density at radius 2 is 1.09 bits per heavy atom. The van der Waals surface area contributed by atoms with Crippen LogP contribution in [0, 0.1) is 0 Å². The van der Waals surface area contributed by atoms with Gasteiger partial charge in [-0.1, -0.05) is 195 Å². The molecule has 0 unspecified atom stereocenters. The average Bonchev–Trinajstić information content (AvgIpc) is 4.06. The highest BCUT2D eigenvalue weighted by molar-refractivity contribution is 6.10. The van der Waals surface area contributed by atoms with Crippen LogP contribution in [0.2, 0.25) is 0 Å². The van der Waals surface area contributed by atoms with Crippen LogP contribution in [0.4, 0.5) is 11.4 Å². The molecular weight excluding hydrogens is 925 g/mol. The molecule has 1 aliphatic heterocycles. The van der Waals surface area contributed by atoms with Crippen molar-refractivity contribution in [3.05, 3.63) is 221 Å². The SMILES string of the molecule is CC(C)c1cccc(C(C)C)c1C1=CN(c2cc(C(C)(C)C)cc(C(C)(C)C)c2)CN1c1cc(Oc2ccc3c4cc(C(C)(C)c5ccccc5)ccc4n(-c4cc(C(C)(C)C)ccn4)c3c2)cc(-c2ccccc2)c1. The molecule has 0 amide bonds. The third-order valence-electron chi connectivity index (χ3n) is 15.8. The van der Waals surface area contributed by atoms with Crippen molar-refractivity contribution in [1.82, 2.24) is 9.55 Å². The zero-order chi connectivity index (χ0) is 54.1. The van der Waals surface area contributed by atoms with Crippen molar-refractivity contribution in [2.45, 2.75) is 137 Å². The summed E-state index contributed by atoms with van der Waals surface area (Å²) in [5, 5.41) is 2.33. The minimum Gasteiger partial charge on any atom is -0.457 e. The van der Waals surface area contributed by atoms with Crippen molar-refractivity contribution in [1.29, 1.82) is 0 Å². The molecule has 388 valence electrons. The van der Waals surface area contributed by atoms with E-state index in [0.717, 1.165) is 50.6 Å². The molecule has 0 atom stereocenters. The predicted molar refractivity (Wildman–Crippen MR) is 324 cm³/mol. The highest BCUT2D eigenvalue weighted by Crippen LogP contribution is 2.46. The summed E-state index contributed by atoms with van der Waals surface area (Å²) >= 11 is 0. The Bertz CT molecular complexity index is 3570. The highest BCUT2D eigenvalue weighted by atomic mass is 16.5. The van der Waals surface area contributed by atoms with E-state index in [1.807, 2.05) is 6.20 Å². The summed E-state index contributed by atoms with van der Waals surface area (Å²) in [5.74, 6) is 3.04. The van der Waals surface area contributed by atoms with Gasteiger partial charge in [0.25, 0.3) is 0 Å². The topological polar surface area (TPSA) is 33.5 Å². The van der Waals surface area contributed by atoms with Gasteiger partial charge >= 0.3 is 0 Å². The molecule has 5 heteroatoms. The lowest BCUT2D eigenvalue weighted by Crippen LogP contribution is -2.28. The molecule has 3 heterocycles. The highest BCUT2D eigenvalue weighted by Gasteiger charge is 2.32.